The molecule has 1 aliphatic rings. The first-order chi connectivity index (χ1) is 11.0. The first-order valence-electron chi connectivity index (χ1n) is 7.37. The van der Waals surface area contributed by atoms with E-state index in [0.29, 0.717) is 18.1 Å². The Morgan fingerprint density at radius 3 is 2.87 bits per heavy atom. The Balaban J connectivity index is 1.62. The number of anilines is 2. The van der Waals surface area contributed by atoms with E-state index in [2.05, 4.69) is 15.6 Å². The molecule has 6 nitrogen and oxygen atoms in total. The van der Waals surface area contributed by atoms with Gasteiger partial charge in [0.1, 0.15) is 0 Å². The summed E-state index contributed by atoms with van der Waals surface area (Å²) in [4.78, 5) is 29.9. The van der Waals surface area contributed by atoms with E-state index in [1.807, 2.05) is 32.0 Å². The smallest absolute Gasteiger partial charge is 0.321 e. The van der Waals surface area contributed by atoms with Crippen LogP contribution in [0.3, 0.4) is 0 Å². The van der Waals surface area contributed by atoms with Gasteiger partial charge < -0.3 is 10.2 Å². The van der Waals surface area contributed by atoms with Crippen LogP contribution in [0.2, 0.25) is 0 Å². The number of nitrogens with zero attached hydrogens (tertiary/aromatic N) is 2. The molecule has 0 bridgehead atoms. The van der Waals surface area contributed by atoms with Crippen LogP contribution >= 0.6 is 11.3 Å². The number of thiazole rings is 1. The van der Waals surface area contributed by atoms with Crippen LogP contribution in [-0.4, -0.2) is 29.5 Å². The molecule has 1 aliphatic heterocycles. The number of nitrogens with one attached hydrogen (secondary N) is 2. The predicted molar refractivity (Wildman–Crippen MR) is 90.9 cm³/mol. The van der Waals surface area contributed by atoms with Crippen molar-refractivity contribution in [3.05, 3.63) is 40.9 Å². The van der Waals surface area contributed by atoms with Crippen molar-refractivity contribution < 1.29 is 9.59 Å². The number of rotatable bonds is 3. The van der Waals surface area contributed by atoms with Crippen LogP contribution in [0.1, 0.15) is 17.5 Å². The molecule has 0 unspecified atom stereocenters. The summed E-state index contributed by atoms with van der Waals surface area (Å²) in [5.41, 5.74) is 3.22. The van der Waals surface area contributed by atoms with E-state index in [9.17, 15) is 9.59 Å². The van der Waals surface area contributed by atoms with Crippen LogP contribution in [0.4, 0.5) is 15.6 Å². The van der Waals surface area contributed by atoms with E-state index in [0.717, 1.165) is 11.3 Å². The maximum Gasteiger partial charge on any atom is 0.321 e. The molecule has 1 atom stereocenters. The molecule has 0 aliphatic carbocycles. The summed E-state index contributed by atoms with van der Waals surface area (Å²) >= 11 is 1.35. The fourth-order valence-corrected chi connectivity index (χ4v) is 3.08. The molecule has 120 valence electrons. The SMILES string of the molecule is Cc1ccc(N2C[C@@H](NC(=O)Nc3nccs3)CC2=O)cc1C. The van der Waals surface area contributed by atoms with Crippen LogP contribution < -0.4 is 15.5 Å². The van der Waals surface area contributed by atoms with E-state index < -0.39 is 0 Å². The zero-order valence-corrected chi connectivity index (χ0v) is 13.8. The van der Waals surface area contributed by atoms with Crippen molar-refractivity contribution in [1.29, 1.82) is 0 Å². The van der Waals surface area contributed by atoms with Crippen LogP contribution in [0, 0.1) is 13.8 Å². The summed E-state index contributed by atoms with van der Waals surface area (Å²) < 4.78 is 0. The minimum atomic E-state index is -0.334. The van der Waals surface area contributed by atoms with Gasteiger partial charge in [0.05, 0.1) is 6.04 Å². The van der Waals surface area contributed by atoms with Gasteiger partial charge in [-0.2, -0.15) is 0 Å². The molecule has 0 spiro atoms. The first-order valence-corrected chi connectivity index (χ1v) is 8.25. The molecule has 7 heteroatoms. The predicted octanol–water partition coefficient (Wildman–Crippen LogP) is 2.69. The number of carbonyl (C=O) groups excluding carboxylic acids is 2. The third-order valence-corrected chi connectivity index (χ3v) is 4.60. The number of carbonyl (C=O) groups is 2. The van der Waals surface area contributed by atoms with Crippen molar-refractivity contribution >= 4 is 34.1 Å². The zero-order valence-electron chi connectivity index (χ0n) is 13.0. The Labute approximate surface area is 138 Å². The quantitative estimate of drug-likeness (QED) is 0.908. The van der Waals surface area contributed by atoms with Crippen LogP contribution in [-0.2, 0) is 4.79 Å². The molecule has 1 saturated heterocycles. The number of amides is 3. The van der Waals surface area contributed by atoms with Crippen molar-refractivity contribution in [1.82, 2.24) is 10.3 Å². The van der Waals surface area contributed by atoms with Crippen molar-refractivity contribution in [3.8, 4) is 0 Å². The van der Waals surface area contributed by atoms with Gasteiger partial charge in [-0.1, -0.05) is 6.07 Å². The fraction of sp³-hybridized carbons (Fsp3) is 0.312. The van der Waals surface area contributed by atoms with Crippen molar-refractivity contribution in [2.24, 2.45) is 0 Å². The van der Waals surface area contributed by atoms with E-state index in [1.54, 1.807) is 16.5 Å². The molecular formula is C16H18N4O2S. The number of hydrogen-bond donors (Lipinski definition) is 2. The number of aromatic nitrogens is 1. The third kappa shape index (κ3) is 3.50. The maximum atomic E-state index is 12.2. The Kier molecular flexibility index (Phi) is 4.29. The van der Waals surface area contributed by atoms with Gasteiger partial charge in [-0.25, -0.2) is 9.78 Å². The minimum Gasteiger partial charge on any atom is -0.333 e. The van der Waals surface area contributed by atoms with Gasteiger partial charge in [0.15, 0.2) is 5.13 Å². The molecule has 0 radical (unpaired) electrons. The lowest BCUT2D eigenvalue weighted by atomic mass is 10.1. The molecule has 2 N–H and O–H groups in total. The van der Waals surface area contributed by atoms with Crippen LogP contribution in [0.15, 0.2) is 29.8 Å². The largest absolute Gasteiger partial charge is 0.333 e. The molecule has 23 heavy (non-hydrogen) atoms. The Bertz CT molecular complexity index is 730. The molecule has 2 aromatic rings. The van der Waals surface area contributed by atoms with Crippen molar-refractivity contribution in [3.63, 3.8) is 0 Å². The fourth-order valence-electron chi connectivity index (χ4n) is 2.55. The summed E-state index contributed by atoms with van der Waals surface area (Å²) in [7, 11) is 0. The lowest BCUT2D eigenvalue weighted by Gasteiger charge is -2.18. The summed E-state index contributed by atoms with van der Waals surface area (Å²) in [6.45, 7) is 4.54. The van der Waals surface area contributed by atoms with E-state index in [1.165, 1.54) is 16.9 Å². The molecule has 1 fully saturated rings. The highest BCUT2D eigenvalue weighted by Gasteiger charge is 2.31. The third-order valence-electron chi connectivity index (χ3n) is 3.92. The summed E-state index contributed by atoms with van der Waals surface area (Å²) in [6, 6.07) is 5.42. The molecule has 3 amide bonds. The second-order valence-electron chi connectivity index (χ2n) is 5.61. The topological polar surface area (TPSA) is 74.3 Å². The normalized spacial score (nSPS) is 17.4. The van der Waals surface area contributed by atoms with Crippen molar-refractivity contribution in [2.45, 2.75) is 26.3 Å². The molecule has 3 rings (SSSR count). The van der Waals surface area contributed by atoms with E-state index in [4.69, 9.17) is 0 Å². The van der Waals surface area contributed by atoms with Gasteiger partial charge in [-0.05, 0) is 37.1 Å². The van der Waals surface area contributed by atoms with Gasteiger partial charge in [0, 0.05) is 30.2 Å². The average molecular weight is 330 g/mol. The zero-order chi connectivity index (χ0) is 16.4. The number of hydrogen-bond acceptors (Lipinski definition) is 4. The summed E-state index contributed by atoms with van der Waals surface area (Å²) in [5, 5.41) is 7.82. The first kappa shape index (κ1) is 15.5. The second kappa shape index (κ2) is 6.37. The highest BCUT2D eigenvalue weighted by molar-refractivity contribution is 7.13. The highest BCUT2D eigenvalue weighted by Crippen LogP contribution is 2.24. The minimum absolute atomic E-state index is 0.0211. The van der Waals surface area contributed by atoms with Gasteiger partial charge >= 0.3 is 6.03 Å². The molecule has 1 aromatic carbocycles. The van der Waals surface area contributed by atoms with E-state index >= 15 is 0 Å². The van der Waals surface area contributed by atoms with Gasteiger partial charge in [-0.3, -0.25) is 10.1 Å². The number of aryl methyl sites for hydroxylation is 2. The van der Waals surface area contributed by atoms with Crippen molar-refractivity contribution in [2.75, 3.05) is 16.8 Å². The average Bonchev–Trinajstić information content (AvgIpc) is 3.12. The van der Waals surface area contributed by atoms with Gasteiger partial charge in [-0.15, -0.1) is 11.3 Å². The monoisotopic (exact) mass is 330 g/mol. The summed E-state index contributed by atoms with van der Waals surface area (Å²) in [6.07, 6.45) is 1.93. The molecule has 0 saturated carbocycles. The van der Waals surface area contributed by atoms with E-state index in [-0.39, 0.29) is 18.0 Å². The molecule has 1 aromatic heterocycles. The van der Waals surface area contributed by atoms with Gasteiger partial charge in [0.25, 0.3) is 0 Å². The molecule has 2 heterocycles. The molecular weight excluding hydrogens is 312 g/mol. The van der Waals surface area contributed by atoms with Crippen LogP contribution in [0.5, 0.6) is 0 Å². The highest BCUT2D eigenvalue weighted by atomic mass is 32.1. The standard InChI is InChI=1S/C16H18N4O2S/c1-10-3-4-13(7-11(10)2)20-9-12(8-14(20)21)18-15(22)19-16-17-5-6-23-16/h3-7,12H,8-9H2,1-2H3,(H2,17,18,19,22)/t12-/m0/s1. The summed E-state index contributed by atoms with van der Waals surface area (Å²) in [5.74, 6) is 0.0211. The maximum absolute atomic E-state index is 12.2. The Morgan fingerprint density at radius 2 is 2.17 bits per heavy atom. The van der Waals surface area contributed by atoms with Crippen LogP contribution in [0.25, 0.3) is 0 Å². The van der Waals surface area contributed by atoms with Gasteiger partial charge in [0.2, 0.25) is 5.91 Å². The number of urea groups is 1. The second-order valence-corrected chi connectivity index (χ2v) is 6.50. The lowest BCUT2D eigenvalue weighted by molar-refractivity contribution is -0.117. The number of benzene rings is 1. The lowest BCUT2D eigenvalue weighted by Crippen LogP contribution is -2.39. The Hall–Kier alpha value is -2.41. The Morgan fingerprint density at radius 1 is 1.35 bits per heavy atom.